The summed E-state index contributed by atoms with van der Waals surface area (Å²) in [7, 11) is 1.44. The zero-order valence-corrected chi connectivity index (χ0v) is 15.0. The van der Waals surface area contributed by atoms with Crippen LogP contribution in [0.5, 0.6) is 5.75 Å². The number of ether oxygens (including phenoxy) is 2. The summed E-state index contributed by atoms with van der Waals surface area (Å²) in [5, 5.41) is 15.8. The van der Waals surface area contributed by atoms with Gasteiger partial charge in [-0.25, -0.2) is 9.38 Å². The van der Waals surface area contributed by atoms with Gasteiger partial charge in [0.1, 0.15) is 0 Å². The summed E-state index contributed by atoms with van der Waals surface area (Å²) in [6.45, 7) is 5.27. The second kappa shape index (κ2) is 9.58. The van der Waals surface area contributed by atoms with Crippen molar-refractivity contribution in [1.82, 2.24) is 10.6 Å². The Bertz CT molecular complexity index is 575. The monoisotopic (exact) mass is 353 g/mol. The van der Waals surface area contributed by atoms with Crippen molar-refractivity contribution in [2.24, 2.45) is 10.4 Å². The third-order valence-corrected chi connectivity index (χ3v) is 4.44. The highest BCUT2D eigenvalue weighted by Crippen LogP contribution is 2.31. The van der Waals surface area contributed by atoms with Crippen LogP contribution in [-0.4, -0.2) is 51.1 Å². The van der Waals surface area contributed by atoms with Gasteiger partial charge in [0.15, 0.2) is 17.5 Å². The number of nitrogens with one attached hydrogen (secondary N) is 2. The van der Waals surface area contributed by atoms with E-state index in [9.17, 15) is 9.50 Å². The van der Waals surface area contributed by atoms with Crippen molar-refractivity contribution >= 4 is 5.96 Å². The fourth-order valence-corrected chi connectivity index (χ4v) is 2.90. The van der Waals surface area contributed by atoms with E-state index in [2.05, 4.69) is 15.6 Å². The van der Waals surface area contributed by atoms with Crippen LogP contribution in [0.15, 0.2) is 23.2 Å². The minimum absolute atomic E-state index is 0.0584. The fourth-order valence-electron chi connectivity index (χ4n) is 2.90. The lowest BCUT2D eigenvalue weighted by Crippen LogP contribution is -2.44. The maximum atomic E-state index is 13.8. The maximum Gasteiger partial charge on any atom is 0.191 e. The van der Waals surface area contributed by atoms with Crippen LogP contribution in [0.2, 0.25) is 0 Å². The van der Waals surface area contributed by atoms with E-state index in [1.807, 2.05) is 6.92 Å². The first-order chi connectivity index (χ1) is 12.1. The summed E-state index contributed by atoms with van der Waals surface area (Å²) in [5.74, 6) is 0.506. The standard InChI is InChI=1S/C18H28FN3O3/c1-3-20-17(22-12-18(6-8-23)7-9-25-13-18)21-11-14-4-5-16(24-2)15(19)10-14/h4-5,10,23H,3,6-9,11-13H2,1-2H3,(H2,20,21,22). The van der Waals surface area contributed by atoms with E-state index in [0.29, 0.717) is 32.1 Å². The van der Waals surface area contributed by atoms with Gasteiger partial charge in [-0.2, -0.15) is 0 Å². The highest BCUT2D eigenvalue weighted by atomic mass is 19.1. The molecule has 1 aromatic carbocycles. The fraction of sp³-hybridized carbons (Fsp3) is 0.611. The number of aliphatic hydroxyl groups excluding tert-OH is 1. The van der Waals surface area contributed by atoms with Crippen molar-refractivity contribution < 1.29 is 19.0 Å². The molecule has 0 radical (unpaired) electrons. The molecular formula is C18H28FN3O3. The third-order valence-electron chi connectivity index (χ3n) is 4.44. The van der Waals surface area contributed by atoms with Crippen LogP contribution in [0.3, 0.4) is 0 Å². The molecule has 0 aliphatic carbocycles. The molecule has 25 heavy (non-hydrogen) atoms. The van der Waals surface area contributed by atoms with Gasteiger partial charge in [0.2, 0.25) is 0 Å². The Morgan fingerprint density at radius 2 is 2.28 bits per heavy atom. The molecular weight excluding hydrogens is 325 g/mol. The Hall–Kier alpha value is -1.86. The van der Waals surface area contributed by atoms with E-state index >= 15 is 0 Å². The van der Waals surface area contributed by atoms with Gasteiger partial charge >= 0.3 is 0 Å². The van der Waals surface area contributed by atoms with Crippen LogP contribution in [0, 0.1) is 11.2 Å². The van der Waals surface area contributed by atoms with Gasteiger partial charge in [0.05, 0.1) is 20.3 Å². The lowest BCUT2D eigenvalue weighted by Gasteiger charge is -2.27. The quantitative estimate of drug-likeness (QED) is 0.490. The molecule has 1 aliphatic rings. The molecule has 0 amide bonds. The average molecular weight is 353 g/mol. The summed E-state index contributed by atoms with van der Waals surface area (Å²) < 4.78 is 24.2. The maximum absolute atomic E-state index is 13.8. The molecule has 6 nitrogen and oxygen atoms in total. The molecule has 0 aromatic heterocycles. The predicted octanol–water partition coefficient (Wildman–Crippen LogP) is 1.68. The number of aliphatic imine (C=N–C) groups is 1. The van der Waals surface area contributed by atoms with E-state index in [1.54, 1.807) is 12.1 Å². The van der Waals surface area contributed by atoms with E-state index in [4.69, 9.17) is 9.47 Å². The molecule has 0 saturated carbocycles. The number of hydrogen-bond donors (Lipinski definition) is 3. The second-order valence-electron chi connectivity index (χ2n) is 6.29. The van der Waals surface area contributed by atoms with Gasteiger partial charge in [0.25, 0.3) is 0 Å². The van der Waals surface area contributed by atoms with E-state index in [0.717, 1.165) is 25.1 Å². The first-order valence-electron chi connectivity index (χ1n) is 8.65. The van der Waals surface area contributed by atoms with Crippen LogP contribution in [-0.2, 0) is 11.3 Å². The van der Waals surface area contributed by atoms with Crippen LogP contribution in [0.4, 0.5) is 4.39 Å². The van der Waals surface area contributed by atoms with Crippen LogP contribution in [0.25, 0.3) is 0 Å². The van der Waals surface area contributed by atoms with E-state index in [1.165, 1.54) is 13.2 Å². The number of rotatable bonds is 8. The largest absolute Gasteiger partial charge is 0.494 e. The molecule has 0 spiro atoms. The Kier molecular flexibility index (Phi) is 7.46. The highest BCUT2D eigenvalue weighted by Gasteiger charge is 2.34. The van der Waals surface area contributed by atoms with Crippen molar-refractivity contribution in [2.75, 3.05) is 40.0 Å². The number of methoxy groups -OCH3 is 1. The van der Waals surface area contributed by atoms with Gasteiger partial charge in [-0.15, -0.1) is 0 Å². The summed E-state index contributed by atoms with van der Waals surface area (Å²) in [6.07, 6.45) is 1.62. The second-order valence-corrected chi connectivity index (χ2v) is 6.29. The number of halogens is 1. The first kappa shape index (κ1) is 19.5. The molecule has 3 N–H and O–H groups in total. The van der Waals surface area contributed by atoms with Crippen molar-refractivity contribution in [1.29, 1.82) is 0 Å². The Balaban J connectivity index is 1.99. The number of hydrogen-bond acceptors (Lipinski definition) is 4. The zero-order valence-electron chi connectivity index (χ0n) is 15.0. The number of nitrogens with zero attached hydrogens (tertiary/aromatic N) is 1. The lowest BCUT2D eigenvalue weighted by atomic mass is 9.84. The number of aliphatic hydroxyl groups is 1. The SMILES string of the molecule is CCNC(=NCc1ccc(OC)c(F)c1)NCC1(CCO)CCOC1. The van der Waals surface area contributed by atoms with Crippen LogP contribution >= 0.6 is 0 Å². The molecule has 7 heteroatoms. The summed E-state index contributed by atoms with van der Waals surface area (Å²) >= 11 is 0. The first-order valence-corrected chi connectivity index (χ1v) is 8.65. The molecule has 1 atom stereocenters. The normalized spacial score (nSPS) is 20.6. The van der Waals surface area contributed by atoms with Gasteiger partial charge < -0.3 is 25.2 Å². The molecule has 1 unspecified atom stereocenters. The summed E-state index contributed by atoms with van der Waals surface area (Å²) in [5.41, 5.74) is 0.710. The van der Waals surface area contributed by atoms with Crippen molar-refractivity contribution in [3.8, 4) is 5.75 Å². The van der Waals surface area contributed by atoms with Gasteiger partial charge in [0, 0.05) is 31.7 Å². The van der Waals surface area contributed by atoms with E-state index < -0.39 is 5.82 Å². The smallest absolute Gasteiger partial charge is 0.191 e. The predicted molar refractivity (Wildman–Crippen MR) is 95.3 cm³/mol. The summed E-state index contributed by atoms with van der Waals surface area (Å²) in [6, 6.07) is 4.84. The van der Waals surface area contributed by atoms with Crippen molar-refractivity contribution in [2.45, 2.75) is 26.3 Å². The average Bonchev–Trinajstić information content (AvgIpc) is 3.07. The van der Waals surface area contributed by atoms with E-state index in [-0.39, 0.29) is 17.8 Å². The van der Waals surface area contributed by atoms with Crippen LogP contribution < -0.4 is 15.4 Å². The molecule has 1 aliphatic heterocycles. The minimum atomic E-state index is -0.391. The highest BCUT2D eigenvalue weighted by molar-refractivity contribution is 5.79. The molecule has 1 saturated heterocycles. The molecule has 1 fully saturated rings. The molecule has 1 heterocycles. The number of benzene rings is 1. The summed E-state index contributed by atoms with van der Waals surface area (Å²) in [4.78, 5) is 4.52. The van der Waals surface area contributed by atoms with Gasteiger partial charge in [-0.05, 0) is 37.5 Å². The Morgan fingerprint density at radius 1 is 1.44 bits per heavy atom. The van der Waals surface area contributed by atoms with Gasteiger partial charge in [-0.1, -0.05) is 6.07 Å². The minimum Gasteiger partial charge on any atom is -0.494 e. The number of guanidine groups is 1. The third kappa shape index (κ3) is 5.57. The molecule has 2 rings (SSSR count). The molecule has 0 bridgehead atoms. The van der Waals surface area contributed by atoms with Gasteiger partial charge in [-0.3, -0.25) is 0 Å². The zero-order chi connectivity index (χ0) is 18.1. The van der Waals surface area contributed by atoms with Crippen molar-refractivity contribution in [3.05, 3.63) is 29.6 Å². The topological polar surface area (TPSA) is 75.1 Å². The van der Waals surface area contributed by atoms with Crippen molar-refractivity contribution in [3.63, 3.8) is 0 Å². The Morgan fingerprint density at radius 3 is 2.88 bits per heavy atom. The lowest BCUT2D eigenvalue weighted by molar-refractivity contribution is 0.127. The molecule has 140 valence electrons. The Labute approximate surface area is 148 Å². The van der Waals surface area contributed by atoms with Crippen LogP contribution in [0.1, 0.15) is 25.3 Å². The molecule has 1 aromatic rings.